The third-order valence-corrected chi connectivity index (χ3v) is 2.11. The van der Waals surface area contributed by atoms with Crippen molar-refractivity contribution >= 4 is 12.2 Å². The first-order chi connectivity index (χ1) is 6.29. The van der Waals surface area contributed by atoms with E-state index in [-0.39, 0.29) is 10.6 Å². The molecular weight excluding hydrogens is 213 g/mol. The summed E-state index contributed by atoms with van der Waals surface area (Å²) in [6, 6.07) is 1.56. The van der Waals surface area contributed by atoms with E-state index in [1.165, 1.54) is 0 Å². The molecular formula is C8H11F3N2S. The Kier molecular flexibility index (Phi) is 3.04. The molecule has 1 rings (SSSR count). The van der Waals surface area contributed by atoms with Gasteiger partial charge >= 0.3 is 6.18 Å². The molecule has 1 heterocycles. The minimum atomic E-state index is -4.24. The Labute approximate surface area is 84.7 Å². The van der Waals surface area contributed by atoms with E-state index in [0.717, 1.165) is 10.4 Å². The van der Waals surface area contributed by atoms with Gasteiger partial charge in [0, 0.05) is 5.69 Å². The van der Waals surface area contributed by atoms with Gasteiger partial charge in [0.15, 0.2) is 0 Å². The summed E-state index contributed by atoms with van der Waals surface area (Å²) in [5.41, 5.74) is 0.722. The zero-order valence-corrected chi connectivity index (χ0v) is 8.67. The highest BCUT2D eigenvalue weighted by atomic mass is 32.1. The van der Waals surface area contributed by atoms with Crippen molar-refractivity contribution in [2.45, 2.75) is 32.5 Å². The number of hydrogen-bond acceptors (Lipinski definition) is 1. The summed E-state index contributed by atoms with van der Waals surface area (Å²) in [4.78, 5) is 0. The van der Waals surface area contributed by atoms with Gasteiger partial charge in [-0.25, -0.2) is 0 Å². The van der Waals surface area contributed by atoms with Crippen LogP contribution in [0.5, 0.6) is 0 Å². The van der Waals surface area contributed by atoms with Crippen molar-refractivity contribution in [3.05, 3.63) is 16.4 Å². The van der Waals surface area contributed by atoms with Gasteiger partial charge in [-0.05, 0) is 12.0 Å². The van der Waals surface area contributed by atoms with E-state index < -0.39 is 12.7 Å². The lowest BCUT2D eigenvalue weighted by Gasteiger charge is -2.07. The molecule has 1 aromatic heterocycles. The van der Waals surface area contributed by atoms with Gasteiger partial charge in [-0.2, -0.15) is 13.2 Å². The average molecular weight is 224 g/mol. The van der Waals surface area contributed by atoms with Crippen LogP contribution in [-0.4, -0.2) is 16.0 Å². The van der Waals surface area contributed by atoms with Crippen LogP contribution in [0.4, 0.5) is 13.2 Å². The van der Waals surface area contributed by atoms with Crippen LogP contribution in [0.15, 0.2) is 6.07 Å². The summed E-state index contributed by atoms with van der Waals surface area (Å²) >= 11 is 4.79. The molecule has 0 amide bonds. The first-order valence-corrected chi connectivity index (χ1v) is 4.57. The molecule has 0 aliphatic carbocycles. The van der Waals surface area contributed by atoms with Gasteiger partial charge in [-0.3, -0.25) is 4.68 Å². The first kappa shape index (κ1) is 11.3. The molecule has 0 radical (unpaired) electrons. The number of alkyl halides is 3. The molecule has 0 aliphatic heterocycles. The molecule has 2 nitrogen and oxygen atoms in total. The molecule has 0 spiro atoms. The van der Waals surface area contributed by atoms with E-state index in [1.54, 1.807) is 6.07 Å². The summed E-state index contributed by atoms with van der Waals surface area (Å²) < 4.78 is 37.3. The smallest absolute Gasteiger partial charge is 0.301 e. The molecule has 0 unspecified atom stereocenters. The molecule has 0 aliphatic rings. The van der Waals surface area contributed by atoms with Crippen LogP contribution >= 0.6 is 12.2 Å². The molecule has 0 aromatic carbocycles. The standard InChI is InChI=1S/C8H11F3N2S/c1-5(2)6-3-7(14)13(12-6)4-8(9,10)11/h3,5,12H,4H2,1-2H3. The third-order valence-electron chi connectivity index (χ3n) is 1.77. The second-order valence-electron chi connectivity index (χ2n) is 3.41. The van der Waals surface area contributed by atoms with Gasteiger partial charge in [0.1, 0.15) is 11.2 Å². The normalized spacial score (nSPS) is 12.4. The van der Waals surface area contributed by atoms with Crippen LogP contribution in [0.25, 0.3) is 0 Å². The predicted octanol–water partition coefficient (Wildman–Crippen LogP) is 3.23. The number of halogens is 3. The second-order valence-corrected chi connectivity index (χ2v) is 3.82. The molecule has 14 heavy (non-hydrogen) atoms. The van der Waals surface area contributed by atoms with Crippen LogP contribution < -0.4 is 0 Å². The van der Waals surface area contributed by atoms with Crippen molar-refractivity contribution in [2.75, 3.05) is 0 Å². The topological polar surface area (TPSA) is 20.7 Å². The number of H-pyrrole nitrogens is 1. The predicted molar refractivity (Wildman–Crippen MR) is 49.8 cm³/mol. The maximum absolute atomic E-state index is 12.0. The van der Waals surface area contributed by atoms with Crippen LogP contribution in [0.1, 0.15) is 25.5 Å². The highest BCUT2D eigenvalue weighted by molar-refractivity contribution is 7.71. The lowest BCUT2D eigenvalue weighted by molar-refractivity contribution is -0.142. The molecule has 80 valence electrons. The number of aromatic nitrogens is 2. The summed E-state index contributed by atoms with van der Waals surface area (Å²) in [5.74, 6) is 0.145. The van der Waals surface area contributed by atoms with Gasteiger partial charge in [0.25, 0.3) is 0 Å². The highest BCUT2D eigenvalue weighted by Gasteiger charge is 2.28. The fourth-order valence-electron chi connectivity index (χ4n) is 1.05. The number of rotatable bonds is 2. The Balaban J connectivity index is 2.94. The largest absolute Gasteiger partial charge is 0.407 e. The molecule has 0 atom stereocenters. The first-order valence-electron chi connectivity index (χ1n) is 4.16. The second kappa shape index (κ2) is 3.76. The zero-order valence-electron chi connectivity index (χ0n) is 7.85. The van der Waals surface area contributed by atoms with Crippen molar-refractivity contribution in [3.63, 3.8) is 0 Å². The monoisotopic (exact) mass is 224 g/mol. The Bertz CT molecular complexity index is 361. The van der Waals surface area contributed by atoms with Crippen LogP contribution in [-0.2, 0) is 6.54 Å². The Morgan fingerprint density at radius 3 is 2.43 bits per heavy atom. The van der Waals surface area contributed by atoms with Crippen molar-refractivity contribution in [3.8, 4) is 0 Å². The fraction of sp³-hybridized carbons (Fsp3) is 0.625. The lowest BCUT2D eigenvalue weighted by atomic mass is 10.1. The van der Waals surface area contributed by atoms with E-state index in [9.17, 15) is 13.2 Å². The lowest BCUT2D eigenvalue weighted by Crippen LogP contribution is -2.18. The van der Waals surface area contributed by atoms with Crippen molar-refractivity contribution < 1.29 is 13.2 Å². The van der Waals surface area contributed by atoms with E-state index in [0.29, 0.717) is 0 Å². The van der Waals surface area contributed by atoms with Gasteiger partial charge in [0.05, 0.1) is 0 Å². The molecule has 0 fully saturated rings. The van der Waals surface area contributed by atoms with Crippen LogP contribution in [0.2, 0.25) is 0 Å². The number of aromatic amines is 1. The van der Waals surface area contributed by atoms with Crippen LogP contribution in [0, 0.1) is 4.64 Å². The molecule has 1 aromatic rings. The van der Waals surface area contributed by atoms with Crippen molar-refractivity contribution in [2.24, 2.45) is 0 Å². The fourth-order valence-corrected chi connectivity index (χ4v) is 1.28. The van der Waals surface area contributed by atoms with Crippen LogP contribution in [0.3, 0.4) is 0 Å². The molecule has 1 N–H and O–H groups in total. The molecule has 6 heteroatoms. The summed E-state index contributed by atoms with van der Waals surface area (Å²) in [6.07, 6.45) is -4.24. The highest BCUT2D eigenvalue weighted by Crippen LogP contribution is 2.19. The summed E-state index contributed by atoms with van der Waals surface area (Å²) in [7, 11) is 0. The Morgan fingerprint density at radius 1 is 1.50 bits per heavy atom. The Morgan fingerprint density at radius 2 is 2.07 bits per heavy atom. The summed E-state index contributed by atoms with van der Waals surface area (Å²) in [5, 5.41) is 2.63. The van der Waals surface area contributed by atoms with E-state index in [2.05, 4.69) is 5.10 Å². The van der Waals surface area contributed by atoms with Gasteiger partial charge in [-0.1, -0.05) is 26.1 Å². The zero-order chi connectivity index (χ0) is 10.9. The van der Waals surface area contributed by atoms with Crippen molar-refractivity contribution in [1.29, 1.82) is 0 Å². The summed E-state index contributed by atoms with van der Waals surface area (Å²) in [6.45, 7) is 2.72. The maximum Gasteiger partial charge on any atom is 0.407 e. The SMILES string of the molecule is CC(C)c1cc(=S)n(CC(F)(F)F)[nH]1. The van der Waals surface area contributed by atoms with E-state index in [1.807, 2.05) is 13.8 Å². The maximum atomic E-state index is 12.0. The Hall–Kier alpha value is -0.780. The van der Waals surface area contributed by atoms with Gasteiger partial charge < -0.3 is 5.10 Å². The number of hydrogen-bond donors (Lipinski definition) is 1. The van der Waals surface area contributed by atoms with E-state index >= 15 is 0 Å². The number of nitrogens with zero attached hydrogens (tertiary/aromatic N) is 1. The van der Waals surface area contributed by atoms with Gasteiger partial charge in [0.2, 0.25) is 0 Å². The quantitative estimate of drug-likeness (QED) is 0.765. The molecule has 0 saturated carbocycles. The minimum Gasteiger partial charge on any atom is -0.301 e. The number of nitrogens with one attached hydrogen (secondary N) is 1. The minimum absolute atomic E-state index is 0.145. The molecule has 0 bridgehead atoms. The third kappa shape index (κ3) is 2.87. The average Bonchev–Trinajstić information content (AvgIpc) is 2.29. The van der Waals surface area contributed by atoms with Gasteiger partial charge in [-0.15, -0.1) is 0 Å². The van der Waals surface area contributed by atoms with E-state index in [4.69, 9.17) is 12.2 Å². The molecule has 0 saturated heterocycles. The van der Waals surface area contributed by atoms with Crippen molar-refractivity contribution in [1.82, 2.24) is 9.78 Å².